The molecular weight excluding hydrogens is 320 g/mol. The van der Waals surface area contributed by atoms with Crippen molar-refractivity contribution in [2.24, 2.45) is 10.4 Å². The van der Waals surface area contributed by atoms with Gasteiger partial charge in [0.25, 0.3) is 0 Å². The summed E-state index contributed by atoms with van der Waals surface area (Å²) in [5.41, 5.74) is 0.421. The van der Waals surface area contributed by atoms with Crippen molar-refractivity contribution in [2.75, 3.05) is 58.4 Å². The van der Waals surface area contributed by atoms with Crippen LogP contribution < -0.4 is 10.2 Å². The molecule has 1 saturated heterocycles. The second-order valence-corrected chi connectivity index (χ2v) is 7.85. The molecule has 1 N–H and O–H groups in total. The van der Waals surface area contributed by atoms with E-state index in [0.29, 0.717) is 5.41 Å². The van der Waals surface area contributed by atoms with Gasteiger partial charge in [-0.05, 0) is 42.2 Å². The summed E-state index contributed by atoms with van der Waals surface area (Å²) < 4.78 is 5.30. The van der Waals surface area contributed by atoms with Crippen LogP contribution in [0.1, 0.15) is 25.7 Å². The third-order valence-electron chi connectivity index (χ3n) is 5.48. The number of thiophene rings is 1. The molecule has 24 heavy (non-hydrogen) atoms. The highest BCUT2D eigenvalue weighted by atomic mass is 32.1. The Labute approximate surface area is 149 Å². The predicted octanol–water partition coefficient (Wildman–Crippen LogP) is 2.65. The fourth-order valence-electron chi connectivity index (χ4n) is 3.70. The van der Waals surface area contributed by atoms with Gasteiger partial charge in [-0.25, -0.2) is 0 Å². The number of piperazine rings is 1. The van der Waals surface area contributed by atoms with E-state index < -0.39 is 0 Å². The van der Waals surface area contributed by atoms with Crippen LogP contribution in [0.15, 0.2) is 22.5 Å². The molecule has 134 valence electrons. The quantitative estimate of drug-likeness (QED) is 0.632. The zero-order valence-electron chi connectivity index (χ0n) is 15.0. The summed E-state index contributed by atoms with van der Waals surface area (Å²) in [7, 11) is 3.70. The zero-order chi connectivity index (χ0) is 16.8. The van der Waals surface area contributed by atoms with Crippen LogP contribution in [0.5, 0.6) is 0 Å². The molecule has 1 aromatic heterocycles. The third kappa shape index (κ3) is 4.03. The summed E-state index contributed by atoms with van der Waals surface area (Å²) in [4.78, 5) is 9.39. The van der Waals surface area contributed by atoms with E-state index in [1.54, 1.807) is 7.11 Å². The van der Waals surface area contributed by atoms with Crippen molar-refractivity contribution < 1.29 is 4.74 Å². The van der Waals surface area contributed by atoms with E-state index in [0.717, 1.165) is 51.7 Å². The molecule has 0 atom stereocenters. The topological polar surface area (TPSA) is 40.1 Å². The molecule has 1 aliphatic carbocycles. The normalized spacial score (nSPS) is 20.8. The highest BCUT2D eigenvalue weighted by Crippen LogP contribution is 2.43. The lowest BCUT2D eigenvalue weighted by Crippen LogP contribution is -2.54. The molecule has 0 bridgehead atoms. The van der Waals surface area contributed by atoms with Gasteiger partial charge in [-0.3, -0.25) is 4.99 Å². The fraction of sp³-hybridized carbons (Fsp3) is 0.722. The Hall–Kier alpha value is -1.27. The number of guanidine groups is 1. The maximum Gasteiger partial charge on any atom is 0.193 e. The lowest BCUT2D eigenvalue weighted by Gasteiger charge is -2.43. The van der Waals surface area contributed by atoms with Crippen LogP contribution in [-0.2, 0) is 4.74 Å². The molecule has 0 unspecified atom stereocenters. The van der Waals surface area contributed by atoms with Gasteiger partial charge in [0.05, 0.1) is 5.00 Å². The molecule has 1 aliphatic heterocycles. The van der Waals surface area contributed by atoms with Gasteiger partial charge in [-0.15, -0.1) is 11.3 Å². The minimum Gasteiger partial charge on any atom is -0.385 e. The summed E-state index contributed by atoms with van der Waals surface area (Å²) in [5, 5.41) is 7.18. The molecule has 2 heterocycles. The summed E-state index contributed by atoms with van der Waals surface area (Å²) in [6, 6.07) is 4.34. The summed E-state index contributed by atoms with van der Waals surface area (Å²) in [5.74, 6) is 1.06. The standard InChI is InChI=1S/C18H30N4OS/c1-19-17(20-15-18(6-4-7-18)8-13-23-2)22-11-9-21(10-12-22)16-5-3-14-24-16/h3,5,14H,4,6-13,15H2,1-2H3,(H,19,20). The van der Waals surface area contributed by atoms with Gasteiger partial charge >= 0.3 is 0 Å². The van der Waals surface area contributed by atoms with Crippen molar-refractivity contribution >= 4 is 22.3 Å². The number of nitrogens with one attached hydrogen (secondary N) is 1. The van der Waals surface area contributed by atoms with Crippen molar-refractivity contribution in [1.29, 1.82) is 0 Å². The van der Waals surface area contributed by atoms with Gasteiger partial charge in [0.2, 0.25) is 0 Å². The molecular formula is C18H30N4OS. The van der Waals surface area contributed by atoms with E-state index in [4.69, 9.17) is 4.74 Å². The number of ether oxygens (including phenoxy) is 1. The van der Waals surface area contributed by atoms with Gasteiger partial charge < -0.3 is 19.9 Å². The average molecular weight is 351 g/mol. The van der Waals surface area contributed by atoms with Gasteiger partial charge in [0.1, 0.15) is 0 Å². The first kappa shape index (κ1) is 17.5. The van der Waals surface area contributed by atoms with Crippen LogP contribution >= 0.6 is 11.3 Å². The molecule has 5 nitrogen and oxygen atoms in total. The first-order valence-corrected chi connectivity index (χ1v) is 9.87. The molecule has 0 aromatic carbocycles. The average Bonchev–Trinajstić information content (AvgIpc) is 3.12. The van der Waals surface area contributed by atoms with Crippen molar-refractivity contribution in [3.63, 3.8) is 0 Å². The van der Waals surface area contributed by atoms with Gasteiger partial charge in [-0.1, -0.05) is 6.42 Å². The molecule has 2 fully saturated rings. The predicted molar refractivity (Wildman–Crippen MR) is 102 cm³/mol. The zero-order valence-corrected chi connectivity index (χ0v) is 15.8. The van der Waals surface area contributed by atoms with Crippen LogP contribution in [0.4, 0.5) is 5.00 Å². The Bertz CT molecular complexity index is 519. The van der Waals surface area contributed by atoms with Crippen molar-refractivity contribution in [2.45, 2.75) is 25.7 Å². The fourth-order valence-corrected chi connectivity index (χ4v) is 4.48. The SMILES string of the molecule is CN=C(NCC1(CCOC)CCC1)N1CCN(c2cccs2)CC1. The number of hydrogen-bond acceptors (Lipinski definition) is 4. The molecule has 1 saturated carbocycles. The number of hydrogen-bond donors (Lipinski definition) is 1. The Kier molecular flexibility index (Phi) is 6.00. The van der Waals surface area contributed by atoms with Crippen LogP contribution in [-0.4, -0.2) is 64.3 Å². The van der Waals surface area contributed by atoms with Crippen molar-refractivity contribution in [3.05, 3.63) is 17.5 Å². The van der Waals surface area contributed by atoms with Crippen LogP contribution in [0.3, 0.4) is 0 Å². The van der Waals surface area contributed by atoms with E-state index in [1.165, 1.54) is 24.3 Å². The monoisotopic (exact) mass is 350 g/mol. The lowest BCUT2D eigenvalue weighted by molar-refractivity contribution is 0.0726. The van der Waals surface area contributed by atoms with Gasteiger partial charge in [0.15, 0.2) is 5.96 Å². The smallest absolute Gasteiger partial charge is 0.193 e. The molecule has 3 rings (SSSR count). The van der Waals surface area contributed by atoms with E-state index in [1.807, 2.05) is 18.4 Å². The largest absolute Gasteiger partial charge is 0.385 e. The number of methoxy groups -OCH3 is 1. The van der Waals surface area contributed by atoms with E-state index >= 15 is 0 Å². The van der Waals surface area contributed by atoms with Gasteiger partial charge in [-0.2, -0.15) is 0 Å². The summed E-state index contributed by atoms with van der Waals surface area (Å²) >= 11 is 1.83. The number of nitrogens with zero attached hydrogens (tertiary/aromatic N) is 3. The molecule has 0 spiro atoms. The first-order valence-electron chi connectivity index (χ1n) is 8.99. The summed E-state index contributed by atoms with van der Waals surface area (Å²) in [6.07, 6.45) is 5.13. The molecule has 6 heteroatoms. The van der Waals surface area contributed by atoms with Crippen LogP contribution in [0.2, 0.25) is 0 Å². The Morgan fingerprint density at radius 2 is 2.12 bits per heavy atom. The third-order valence-corrected chi connectivity index (χ3v) is 6.41. The first-order chi connectivity index (χ1) is 11.8. The Morgan fingerprint density at radius 1 is 1.33 bits per heavy atom. The Balaban J connectivity index is 1.48. The molecule has 0 amide bonds. The van der Waals surface area contributed by atoms with Crippen LogP contribution in [0, 0.1) is 5.41 Å². The van der Waals surface area contributed by atoms with Crippen molar-refractivity contribution in [3.8, 4) is 0 Å². The van der Waals surface area contributed by atoms with E-state index in [9.17, 15) is 0 Å². The number of anilines is 1. The lowest BCUT2D eigenvalue weighted by atomic mass is 9.67. The maximum atomic E-state index is 5.30. The maximum absolute atomic E-state index is 5.30. The minimum atomic E-state index is 0.421. The molecule has 1 aromatic rings. The van der Waals surface area contributed by atoms with E-state index in [-0.39, 0.29) is 0 Å². The molecule has 2 aliphatic rings. The minimum absolute atomic E-state index is 0.421. The highest BCUT2D eigenvalue weighted by Gasteiger charge is 2.36. The van der Waals surface area contributed by atoms with Crippen LogP contribution in [0.25, 0.3) is 0 Å². The van der Waals surface area contributed by atoms with E-state index in [2.05, 4.69) is 37.6 Å². The second-order valence-electron chi connectivity index (χ2n) is 6.92. The number of aliphatic imine (C=N–C) groups is 1. The summed E-state index contributed by atoms with van der Waals surface area (Å²) in [6.45, 7) is 6.07. The number of rotatable bonds is 6. The highest BCUT2D eigenvalue weighted by molar-refractivity contribution is 7.14. The Morgan fingerprint density at radius 3 is 2.67 bits per heavy atom. The molecule has 0 radical (unpaired) electrons. The van der Waals surface area contributed by atoms with Gasteiger partial charge in [0, 0.05) is 53.5 Å². The second kappa shape index (κ2) is 8.21. The van der Waals surface area contributed by atoms with Crippen molar-refractivity contribution in [1.82, 2.24) is 10.2 Å².